The minimum atomic E-state index is -0.862. The molecule has 0 aromatic rings. The number of rotatable bonds is 7. The van der Waals surface area contributed by atoms with E-state index in [4.69, 9.17) is 11.5 Å². The number of esters is 2. The van der Waals surface area contributed by atoms with Gasteiger partial charge in [0.15, 0.2) is 12.5 Å². The Bertz CT molecular complexity index is 250. The predicted molar refractivity (Wildman–Crippen MR) is 57.8 cm³/mol. The van der Waals surface area contributed by atoms with Crippen molar-refractivity contribution in [3.05, 3.63) is 25.3 Å². The fourth-order valence-corrected chi connectivity index (χ4v) is 0.722. The first-order valence-electron chi connectivity index (χ1n) is 4.64. The topological polar surface area (TPSA) is 105 Å². The van der Waals surface area contributed by atoms with Crippen molar-refractivity contribution in [2.24, 2.45) is 11.5 Å². The molecule has 0 rings (SSSR count). The Labute approximate surface area is 93.9 Å². The number of hydrogen-bond acceptors (Lipinski definition) is 6. The zero-order valence-corrected chi connectivity index (χ0v) is 8.93. The van der Waals surface area contributed by atoms with Gasteiger partial charge in [0, 0.05) is 0 Å². The molecule has 0 aliphatic heterocycles. The summed E-state index contributed by atoms with van der Waals surface area (Å²) in [6.45, 7) is 6.68. The van der Waals surface area contributed by atoms with E-state index in [0.29, 0.717) is 0 Å². The zero-order chi connectivity index (χ0) is 12.6. The molecule has 0 saturated heterocycles. The summed E-state index contributed by atoms with van der Waals surface area (Å²) >= 11 is 0. The van der Waals surface area contributed by atoms with Crippen molar-refractivity contribution in [1.29, 1.82) is 0 Å². The minimum absolute atomic E-state index is 0.121. The molecule has 0 aliphatic rings. The number of nitrogens with two attached hydrogens (primary N) is 2. The van der Waals surface area contributed by atoms with Gasteiger partial charge in [0.25, 0.3) is 0 Å². The lowest BCUT2D eigenvalue weighted by molar-refractivity contribution is -0.153. The Morgan fingerprint density at radius 1 is 1.00 bits per heavy atom. The maximum atomic E-state index is 11.1. The summed E-state index contributed by atoms with van der Waals surface area (Å²) in [6.07, 6.45) is 0.570. The van der Waals surface area contributed by atoms with Crippen LogP contribution in [0.3, 0.4) is 0 Å². The normalized spacial score (nSPS) is 13.4. The van der Waals surface area contributed by atoms with Gasteiger partial charge in [0.1, 0.15) is 0 Å². The Kier molecular flexibility index (Phi) is 6.82. The van der Waals surface area contributed by atoms with Crippen molar-refractivity contribution in [2.45, 2.75) is 25.3 Å². The maximum Gasteiger partial charge on any atom is 0.308 e. The van der Waals surface area contributed by atoms with Crippen LogP contribution in [0.15, 0.2) is 25.3 Å². The lowest BCUT2D eigenvalue weighted by atomic mass is 10.3. The second-order valence-corrected chi connectivity index (χ2v) is 2.88. The van der Waals surface area contributed by atoms with Crippen LogP contribution in [0.2, 0.25) is 0 Å². The molecule has 16 heavy (non-hydrogen) atoms. The summed E-state index contributed by atoms with van der Waals surface area (Å²) in [4.78, 5) is 22.1. The van der Waals surface area contributed by atoms with Gasteiger partial charge in [0.05, 0.1) is 12.8 Å². The van der Waals surface area contributed by atoms with Crippen molar-refractivity contribution in [1.82, 2.24) is 0 Å². The van der Waals surface area contributed by atoms with Crippen molar-refractivity contribution < 1.29 is 19.1 Å². The van der Waals surface area contributed by atoms with Crippen LogP contribution in [0.25, 0.3) is 0 Å². The van der Waals surface area contributed by atoms with Gasteiger partial charge in [-0.1, -0.05) is 13.2 Å². The highest BCUT2D eigenvalue weighted by Gasteiger charge is 2.12. The first kappa shape index (κ1) is 14.3. The third-order valence-electron chi connectivity index (χ3n) is 1.53. The van der Waals surface area contributed by atoms with E-state index in [0.717, 1.165) is 0 Å². The molecular formula is C10H16N2O4. The largest absolute Gasteiger partial charge is 0.443 e. The molecule has 6 heteroatoms. The fourth-order valence-electron chi connectivity index (χ4n) is 0.722. The quantitative estimate of drug-likeness (QED) is 0.355. The molecule has 2 atom stereocenters. The Hall–Kier alpha value is -1.66. The van der Waals surface area contributed by atoms with Crippen molar-refractivity contribution in [2.75, 3.05) is 0 Å². The minimum Gasteiger partial charge on any atom is -0.443 e. The molecule has 4 N–H and O–H groups in total. The van der Waals surface area contributed by atoms with Crippen LogP contribution in [0.4, 0.5) is 0 Å². The highest BCUT2D eigenvalue weighted by atomic mass is 16.6. The molecule has 90 valence electrons. The third kappa shape index (κ3) is 6.74. The number of carbonyl (C=O) groups is 2. The van der Waals surface area contributed by atoms with E-state index in [9.17, 15) is 9.59 Å². The summed E-state index contributed by atoms with van der Waals surface area (Å²) in [7, 11) is 0. The molecule has 0 spiro atoms. The van der Waals surface area contributed by atoms with E-state index < -0.39 is 24.4 Å². The van der Waals surface area contributed by atoms with Crippen LogP contribution in [0.1, 0.15) is 12.8 Å². The van der Waals surface area contributed by atoms with Crippen LogP contribution in [-0.2, 0) is 19.1 Å². The van der Waals surface area contributed by atoms with Crippen molar-refractivity contribution in [3.63, 3.8) is 0 Å². The Morgan fingerprint density at radius 3 is 1.56 bits per heavy atom. The molecular weight excluding hydrogens is 212 g/mol. The van der Waals surface area contributed by atoms with Crippen LogP contribution in [0.5, 0.6) is 0 Å². The van der Waals surface area contributed by atoms with E-state index in [1.807, 2.05) is 0 Å². The number of hydrogen-bond donors (Lipinski definition) is 2. The molecule has 0 heterocycles. The van der Waals surface area contributed by atoms with Gasteiger partial charge in [-0.2, -0.15) is 0 Å². The van der Waals surface area contributed by atoms with Crippen molar-refractivity contribution in [3.8, 4) is 0 Å². The van der Waals surface area contributed by atoms with Crippen LogP contribution < -0.4 is 11.5 Å². The summed E-state index contributed by atoms with van der Waals surface area (Å²) < 4.78 is 9.29. The second kappa shape index (κ2) is 7.61. The van der Waals surface area contributed by atoms with Gasteiger partial charge in [-0.15, -0.1) is 0 Å². The lowest BCUT2D eigenvalue weighted by Gasteiger charge is -2.10. The SMILES string of the molecule is C=CC(N)OC(=O)CCC(=O)OC(N)C=C. The van der Waals surface area contributed by atoms with Gasteiger partial charge in [-0.05, 0) is 12.2 Å². The van der Waals surface area contributed by atoms with Gasteiger partial charge in [0.2, 0.25) is 0 Å². The Balaban J connectivity index is 3.79. The fraction of sp³-hybridized carbons (Fsp3) is 0.400. The van der Waals surface area contributed by atoms with E-state index in [2.05, 4.69) is 22.6 Å². The van der Waals surface area contributed by atoms with E-state index in [-0.39, 0.29) is 12.8 Å². The lowest BCUT2D eigenvalue weighted by Crippen LogP contribution is -2.27. The van der Waals surface area contributed by atoms with Gasteiger partial charge >= 0.3 is 11.9 Å². The number of carbonyl (C=O) groups excluding carboxylic acids is 2. The van der Waals surface area contributed by atoms with E-state index >= 15 is 0 Å². The Morgan fingerprint density at radius 2 is 1.31 bits per heavy atom. The second-order valence-electron chi connectivity index (χ2n) is 2.88. The molecule has 0 amide bonds. The molecule has 6 nitrogen and oxygen atoms in total. The predicted octanol–water partition coefficient (Wildman–Crippen LogP) is -0.205. The average Bonchev–Trinajstić information content (AvgIpc) is 2.26. The molecule has 2 unspecified atom stereocenters. The molecule has 0 saturated carbocycles. The number of ether oxygens (including phenoxy) is 2. The monoisotopic (exact) mass is 228 g/mol. The zero-order valence-electron chi connectivity index (χ0n) is 8.93. The summed E-state index contributed by atoms with van der Waals surface area (Å²) in [5.74, 6) is -1.20. The average molecular weight is 228 g/mol. The van der Waals surface area contributed by atoms with Crippen LogP contribution in [-0.4, -0.2) is 24.4 Å². The van der Waals surface area contributed by atoms with Crippen LogP contribution >= 0.6 is 0 Å². The third-order valence-corrected chi connectivity index (χ3v) is 1.53. The molecule has 0 fully saturated rings. The molecule has 0 bridgehead atoms. The van der Waals surface area contributed by atoms with Crippen molar-refractivity contribution >= 4 is 11.9 Å². The molecule has 0 aromatic carbocycles. The van der Waals surface area contributed by atoms with E-state index in [1.165, 1.54) is 12.2 Å². The standard InChI is InChI=1S/C10H16N2O4/c1-3-7(11)15-9(13)5-6-10(14)16-8(12)4-2/h3-4,7-8H,1-2,5-6,11-12H2. The molecule has 0 radical (unpaired) electrons. The molecule has 0 aliphatic carbocycles. The van der Waals surface area contributed by atoms with Gasteiger partial charge in [-0.3, -0.25) is 21.1 Å². The summed E-state index contributed by atoms with van der Waals surface area (Å²) in [5, 5.41) is 0. The first-order chi connectivity index (χ1) is 7.49. The van der Waals surface area contributed by atoms with E-state index in [1.54, 1.807) is 0 Å². The summed E-state index contributed by atoms with van der Waals surface area (Å²) in [5.41, 5.74) is 10.5. The highest BCUT2D eigenvalue weighted by molar-refractivity contribution is 5.77. The highest BCUT2D eigenvalue weighted by Crippen LogP contribution is 1.99. The van der Waals surface area contributed by atoms with Gasteiger partial charge < -0.3 is 9.47 Å². The molecule has 0 aromatic heterocycles. The smallest absolute Gasteiger partial charge is 0.308 e. The maximum absolute atomic E-state index is 11.1. The first-order valence-corrected chi connectivity index (χ1v) is 4.64. The van der Waals surface area contributed by atoms with Gasteiger partial charge in [-0.25, -0.2) is 0 Å². The van der Waals surface area contributed by atoms with Crippen LogP contribution in [0, 0.1) is 0 Å². The summed E-state index contributed by atoms with van der Waals surface area (Å²) in [6, 6.07) is 0.